The molecule has 1 aliphatic heterocycles. The molecule has 3 N–H and O–H groups in total. The molecule has 2 aliphatic rings. The molecule has 2 fully saturated rings. The van der Waals surface area contributed by atoms with Crippen LogP contribution in [-0.2, 0) is 25.5 Å². The van der Waals surface area contributed by atoms with Gasteiger partial charge in [0.15, 0.2) is 20.7 Å². The normalized spacial score (nSPS) is 33.3. The van der Waals surface area contributed by atoms with Gasteiger partial charge in [0.25, 0.3) is 0 Å². The van der Waals surface area contributed by atoms with Crippen LogP contribution in [0.5, 0.6) is 0 Å². The average Bonchev–Trinajstić information content (AvgIpc) is 3.08. The van der Waals surface area contributed by atoms with Crippen molar-refractivity contribution in [3.8, 4) is 0 Å². The maximum Gasteiger partial charge on any atom is 0.351 e. The van der Waals surface area contributed by atoms with Crippen molar-refractivity contribution in [1.29, 1.82) is 0 Å². The summed E-state index contributed by atoms with van der Waals surface area (Å²) in [7, 11) is -2.40. The minimum Gasteiger partial charge on any atom is -0.408 e. The zero-order valence-electron chi connectivity index (χ0n) is 23.4. The average molecular weight is 608 g/mol. The van der Waals surface area contributed by atoms with Crippen molar-refractivity contribution >= 4 is 43.4 Å². The predicted octanol–water partition coefficient (Wildman–Crippen LogP) is 5.20. The van der Waals surface area contributed by atoms with Crippen LogP contribution in [-0.4, -0.2) is 58.8 Å². The molecule has 216 valence electrons. The lowest BCUT2D eigenvalue weighted by Gasteiger charge is -2.41. The van der Waals surface area contributed by atoms with Crippen LogP contribution in [0, 0.1) is 5.92 Å². The highest BCUT2D eigenvalue weighted by Crippen LogP contribution is 2.55. The van der Waals surface area contributed by atoms with Gasteiger partial charge in [0.05, 0.1) is 12.7 Å². The summed E-state index contributed by atoms with van der Waals surface area (Å²) < 4.78 is 35.3. The largest absolute Gasteiger partial charge is 0.408 e. The molecule has 0 spiro atoms. The van der Waals surface area contributed by atoms with Crippen molar-refractivity contribution in [2.45, 2.75) is 107 Å². The van der Waals surface area contributed by atoms with Crippen LogP contribution in [0.25, 0.3) is 0 Å². The van der Waals surface area contributed by atoms with Crippen molar-refractivity contribution in [2.75, 3.05) is 12.3 Å². The number of aliphatic hydroxyl groups is 1. The molecule has 0 amide bonds. The second-order valence-corrected chi connectivity index (χ2v) is 22.5. The summed E-state index contributed by atoms with van der Waals surface area (Å²) in [5, 5.41) is 10.7. The number of aromatic nitrogens is 2. The lowest BCUT2D eigenvalue weighted by molar-refractivity contribution is -0.0413. The van der Waals surface area contributed by atoms with Gasteiger partial charge in [-0.05, 0) is 63.2 Å². The molecule has 3 rings (SSSR count). The van der Waals surface area contributed by atoms with Gasteiger partial charge in [-0.25, -0.2) is 9.18 Å². The van der Waals surface area contributed by atoms with Crippen molar-refractivity contribution in [1.82, 2.24) is 9.55 Å². The molecule has 1 saturated heterocycles. The van der Waals surface area contributed by atoms with Gasteiger partial charge in [0, 0.05) is 10.9 Å². The zero-order chi connectivity index (χ0) is 28.6. The van der Waals surface area contributed by atoms with Crippen LogP contribution in [0.4, 0.5) is 10.2 Å². The number of alkyl halides is 1. The maximum absolute atomic E-state index is 15.9. The van der Waals surface area contributed by atoms with E-state index in [1.807, 2.05) is 26.9 Å². The third kappa shape index (κ3) is 7.18. The van der Waals surface area contributed by atoms with E-state index in [-0.39, 0.29) is 17.5 Å². The summed E-state index contributed by atoms with van der Waals surface area (Å²) in [6.07, 6.45) is -3.10. The van der Waals surface area contributed by atoms with Crippen LogP contribution in [0.3, 0.4) is 0 Å². The number of rotatable bonds is 9. The van der Waals surface area contributed by atoms with E-state index in [4.69, 9.17) is 31.2 Å². The van der Waals surface area contributed by atoms with Gasteiger partial charge in [-0.15, -0.1) is 0 Å². The Morgan fingerprint density at radius 2 is 2.16 bits per heavy atom. The Morgan fingerprint density at radius 3 is 2.71 bits per heavy atom. The van der Waals surface area contributed by atoms with Crippen LogP contribution < -0.4 is 11.4 Å². The van der Waals surface area contributed by atoms with Gasteiger partial charge in [-0.2, -0.15) is 4.98 Å². The molecule has 2 heterocycles. The maximum atomic E-state index is 15.9. The first-order chi connectivity index (χ1) is 17.4. The van der Waals surface area contributed by atoms with E-state index in [9.17, 15) is 9.90 Å². The minimum absolute atomic E-state index is 0.0265. The third-order valence-electron chi connectivity index (χ3n) is 8.21. The van der Waals surface area contributed by atoms with Gasteiger partial charge in [-0.1, -0.05) is 56.1 Å². The van der Waals surface area contributed by atoms with Crippen LogP contribution in [0.15, 0.2) is 29.2 Å². The number of hydrogen-bond donors (Lipinski definition) is 2. The smallest absolute Gasteiger partial charge is 0.351 e. The Balaban J connectivity index is 1.75. The zero-order valence-corrected chi connectivity index (χ0v) is 27.0. The fourth-order valence-corrected chi connectivity index (χ4v) is 11.2. The van der Waals surface area contributed by atoms with E-state index in [0.29, 0.717) is 12.3 Å². The van der Waals surface area contributed by atoms with Gasteiger partial charge in [0.2, 0.25) is 0 Å². The second kappa shape index (κ2) is 12.1. The molecule has 1 aromatic heterocycles. The molecular weight excluding hydrogens is 564 g/mol. The molecule has 13 heteroatoms. The minimum atomic E-state index is -2.40. The Hall–Kier alpha value is -0.593. The fraction of sp³-hybridized carbons (Fsp3) is 0.760. The predicted molar refractivity (Wildman–Crippen MR) is 160 cm³/mol. The first-order valence-electron chi connectivity index (χ1n) is 13.0. The number of ether oxygens (including phenoxy) is 1. The van der Waals surface area contributed by atoms with Crippen molar-refractivity contribution in [2.24, 2.45) is 5.92 Å². The Bertz CT molecular complexity index is 1100. The van der Waals surface area contributed by atoms with Crippen molar-refractivity contribution in [3.63, 3.8) is 0 Å². The number of nitrogens with zero attached hydrogens (tertiary/aromatic N) is 2. The number of halogens is 1. The number of anilines is 1. The van der Waals surface area contributed by atoms with Gasteiger partial charge < -0.3 is 24.5 Å². The Morgan fingerprint density at radius 1 is 1.50 bits per heavy atom. The highest BCUT2D eigenvalue weighted by atomic mass is 32.9. The first kappa shape index (κ1) is 31.9. The molecule has 0 aromatic carbocycles. The number of hydrogen-bond acceptors (Lipinski definition) is 9. The SMILES string of the molecule is C=C(C)[C@@H]1CC[C@](C)(S[PH](=S)OC[C@H]2O[C@@H](n3ccc(N)nc3=O)[C@H](F)C2O[Si](C)(C)C(C)(C)C)[C@@H](O)C1. The lowest BCUT2D eigenvalue weighted by atomic mass is 9.77. The molecule has 8 nitrogen and oxygen atoms in total. The van der Waals surface area contributed by atoms with Crippen LogP contribution in [0.1, 0.15) is 60.1 Å². The molecule has 1 aliphatic carbocycles. The highest BCUT2D eigenvalue weighted by Gasteiger charge is 2.52. The monoisotopic (exact) mass is 607 g/mol. The number of nitrogen functional groups attached to an aromatic ring is 1. The molecule has 38 heavy (non-hydrogen) atoms. The Kier molecular flexibility index (Phi) is 10.2. The summed E-state index contributed by atoms with van der Waals surface area (Å²) >= 11 is 7.21. The quantitative estimate of drug-likeness (QED) is 0.222. The lowest BCUT2D eigenvalue weighted by Crippen LogP contribution is -2.49. The van der Waals surface area contributed by atoms with Crippen molar-refractivity contribution < 1.29 is 23.2 Å². The van der Waals surface area contributed by atoms with Gasteiger partial charge in [-0.3, -0.25) is 4.57 Å². The van der Waals surface area contributed by atoms with E-state index < -0.39 is 55.6 Å². The number of aliphatic hydroxyl groups excluding tert-OH is 1. The van der Waals surface area contributed by atoms with E-state index in [1.54, 1.807) is 0 Å². The summed E-state index contributed by atoms with van der Waals surface area (Å²) in [5.41, 5.74) is 6.01. The molecular formula is C25H43FN3O5PS2Si. The van der Waals surface area contributed by atoms with E-state index >= 15 is 4.39 Å². The summed E-state index contributed by atoms with van der Waals surface area (Å²) in [6, 6.07) is 1.43. The molecule has 0 radical (unpaired) electrons. The Labute approximate surface area is 236 Å². The third-order valence-corrected chi connectivity index (χ3v) is 17.6. The van der Waals surface area contributed by atoms with E-state index in [0.717, 1.165) is 23.0 Å². The number of nitrogens with two attached hydrogens (primary N) is 1. The molecule has 1 aromatic rings. The van der Waals surface area contributed by atoms with Crippen molar-refractivity contribution in [3.05, 3.63) is 34.9 Å². The van der Waals surface area contributed by atoms with Gasteiger partial charge >= 0.3 is 5.69 Å². The van der Waals surface area contributed by atoms with Crippen LogP contribution >= 0.6 is 17.5 Å². The second-order valence-electron chi connectivity index (χ2n) is 12.2. The fourth-order valence-electron chi connectivity index (χ4n) is 4.53. The van der Waals surface area contributed by atoms with E-state index in [1.165, 1.54) is 23.6 Å². The summed E-state index contributed by atoms with van der Waals surface area (Å²) in [5.74, 6) is 0.363. The molecule has 8 atom stereocenters. The summed E-state index contributed by atoms with van der Waals surface area (Å²) in [4.78, 5) is 16.2. The van der Waals surface area contributed by atoms with Crippen LogP contribution in [0.2, 0.25) is 18.1 Å². The van der Waals surface area contributed by atoms with Gasteiger partial charge in [0.1, 0.15) is 24.2 Å². The molecule has 1 saturated carbocycles. The molecule has 2 unspecified atom stereocenters. The first-order valence-corrected chi connectivity index (χ1v) is 20.0. The summed E-state index contributed by atoms with van der Waals surface area (Å²) in [6.45, 7) is 18.4. The topological polar surface area (TPSA) is 109 Å². The van der Waals surface area contributed by atoms with E-state index in [2.05, 4.69) is 32.3 Å². The highest BCUT2D eigenvalue weighted by molar-refractivity contribution is 8.63. The standard InChI is InChI=1S/C25H43FN3O5PS2Si/c1-15(2)16-9-11-25(6,18(30)13-16)37-35(36)32-14-17-21(34-38(7,8)24(3,4)5)20(26)22(33-17)29-12-10-19(27)28-23(29)31/h10,12,16-18,20-22,30,35H,1,9,11,13-14H2,2-8H3,(H2,27,28,31)/t16-,17-,18+,20-,21?,22-,25+/m1/s1. The number of allylic oxidation sites excluding steroid dienone is 1. The molecule has 0 bridgehead atoms.